The number of benzene rings is 5. The van der Waals surface area contributed by atoms with Crippen LogP contribution in [-0.4, -0.2) is 10.5 Å². The number of aryl methyl sites for hydroxylation is 3. The number of hydrogen-bond acceptors (Lipinski definition) is 2. The average molecular weight is 594 g/mol. The van der Waals surface area contributed by atoms with Crippen molar-refractivity contribution in [2.75, 3.05) is 10.2 Å². The highest BCUT2D eigenvalue weighted by Gasteiger charge is 2.57. The van der Waals surface area contributed by atoms with Crippen LogP contribution in [0.5, 0.6) is 0 Å². The van der Waals surface area contributed by atoms with Crippen molar-refractivity contribution in [1.29, 1.82) is 0 Å². The van der Waals surface area contributed by atoms with E-state index in [-0.39, 0.29) is 5.91 Å². The average Bonchev–Trinajstić information content (AvgIpc) is 3.44. The van der Waals surface area contributed by atoms with Crippen LogP contribution in [0.4, 0.5) is 11.4 Å². The first kappa shape index (κ1) is 26.8. The maximum atomic E-state index is 15.3. The molecule has 1 unspecified atom stereocenters. The van der Waals surface area contributed by atoms with Gasteiger partial charge in [-0.15, -0.1) is 0 Å². The minimum absolute atomic E-state index is 0.0193. The van der Waals surface area contributed by atoms with E-state index in [4.69, 9.17) is 11.6 Å². The Bertz CT molecular complexity index is 2110. The van der Waals surface area contributed by atoms with Crippen molar-refractivity contribution in [1.82, 2.24) is 4.57 Å². The van der Waals surface area contributed by atoms with Gasteiger partial charge in [-0.25, -0.2) is 0 Å². The van der Waals surface area contributed by atoms with Gasteiger partial charge in [0.15, 0.2) is 5.54 Å². The fourth-order valence-corrected chi connectivity index (χ4v) is 7.33. The van der Waals surface area contributed by atoms with Gasteiger partial charge >= 0.3 is 0 Å². The van der Waals surface area contributed by atoms with Gasteiger partial charge in [0.25, 0.3) is 5.91 Å². The fraction of sp³-hybridized carbons (Fsp3) is 0.154. The molecular weight excluding hydrogens is 562 g/mol. The van der Waals surface area contributed by atoms with Crippen LogP contribution in [0.1, 0.15) is 38.9 Å². The SMILES string of the molecule is Cc1ccc(CN2C(=O)C3(Nc4cc(C)ccc4-c4c3c3cc(Cl)ccc3n4Cc3ccccc3)c3cc(C)ccc32)cc1. The van der Waals surface area contributed by atoms with Crippen molar-refractivity contribution >= 4 is 39.8 Å². The summed E-state index contributed by atoms with van der Waals surface area (Å²) < 4.78 is 2.37. The van der Waals surface area contributed by atoms with Crippen LogP contribution in [0.2, 0.25) is 5.02 Å². The molecule has 2 aliphatic heterocycles. The predicted molar refractivity (Wildman–Crippen MR) is 181 cm³/mol. The van der Waals surface area contributed by atoms with E-state index in [2.05, 4.69) is 122 Å². The smallest absolute Gasteiger partial charge is 0.262 e. The van der Waals surface area contributed by atoms with Gasteiger partial charge in [0.2, 0.25) is 0 Å². The Hall–Kier alpha value is -4.80. The van der Waals surface area contributed by atoms with Crippen molar-refractivity contribution in [2.24, 2.45) is 0 Å². The number of amides is 1. The lowest BCUT2D eigenvalue weighted by Gasteiger charge is -2.37. The van der Waals surface area contributed by atoms with Crippen LogP contribution < -0.4 is 10.2 Å². The summed E-state index contributed by atoms with van der Waals surface area (Å²) in [5.41, 5.74) is 11.6. The molecule has 5 heteroatoms. The number of carbonyl (C=O) groups is 1. The van der Waals surface area contributed by atoms with E-state index in [1.807, 2.05) is 23.1 Å². The number of hydrogen-bond donors (Lipinski definition) is 1. The number of rotatable bonds is 4. The Morgan fingerprint density at radius 1 is 0.727 bits per heavy atom. The number of halogens is 1. The molecular formula is C39H32ClN3O. The normalized spacial score (nSPS) is 16.6. The highest BCUT2D eigenvalue weighted by molar-refractivity contribution is 6.31. The molecule has 44 heavy (non-hydrogen) atoms. The summed E-state index contributed by atoms with van der Waals surface area (Å²) in [6, 6.07) is 37.9. The summed E-state index contributed by atoms with van der Waals surface area (Å²) >= 11 is 6.73. The van der Waals surface area contributed by atoms with Crippen LogP contribution >= 0.6 is 11.6 Å². The van der Waals surface area contributed by atoms with Crippen LogP contribution in [0.3, 0.4) is 0 Å². The molecule has 0 saturated carbocycles. The van der Waals surface area contributed by atoms with Crippen LogP contribution in [0, 0.1) is 20.8 Å². The van der Waals surface area contributed by atoms with Crippen molar-refractivity contribution in [3.63, 3.8) is 0 Å². The number of nitrogens with zero attached hydrogens (tertiary/aromatic N) is 2. The second-order valence-electron chi connectivity index (χ2n) is 12.3. The summed E-state index contributed by atoms with van der Waals surface area (Å²) in [5.74, 6) is 0.0193. The Morgan fingerprint density at radius 3 is 2.23 bits per heavy atom. The second kappa shape index (κ2) is 9.87. The Balaban J connectivity index is 1.45. The molecule has 1 spiro atoms. The molecule has 4 nitrogen and oxygen atoms in total. The molecule has 1 amide bonds. The van der Waals surface area contributed by atoms with Gasteiger partial charge in [-0.1, -0.05) is 102 Å². The zero-order valence-corrected chi connectivity index (χ0v) is 25.7. The summed E-state index contributed by atoms with van der Waals surface area (Å²) in [6.45, 7) is 7.43. The predicted octanol–water partition coefficient (Wildman–Crippen LogP) is 9.15. The summed E-state index contributed by atoms with van der Waals surface area (Å²) in [4.78, 5) is 17.3. The van der Waals surface area contributed by atoms with Crippen molar-refractivity contribution in [3.8, 4) is 11.3 Å². The van der Waals surface area contributed by atoms with Gasteiger partial charge in [-0.05, 0) is 67.8 Å². The highest BCUT2D eigenvalue weighted by atomic mass is 35.5. The summed E-state index contributed by atoms with van der Waals surface area (Å²) in [7, 11) is 0. The first-order valence-corrected chi connectivity index (χ1v) is 15.5. The van der Waals surface area contributed by atoms with E-state index >= 15 is 4.79 Å². The van der Waals surface area contributed by atoms with Gasteiger partial charge in [-0.3, -0.25) is 4.79 Å². The first-order chi connectivity index (χ1) is 21.3. The largest absolute Gasteiger partial charge is 0.363 e. The molecule has 216 valence electrons. The minimum atomic E-state index is -1.13. The van der Waals surface area contributed by atoms with Crippen molar-refractivity contribution < 1.29 is 4.79 Å². The Morgan fingerprint density at radius 2 is 1.43 bits per heavy atom. The van der Waals surface area contributed by atoms with E-state index in [0.717, 1.165) is 61.4 Å². The number of carbonyl (C=O) groups excluding carboxylic acids is 1. The first-order valence-electron chi connectivity index (χ1n) is 15.1. The number of nitrogens with one attached hydrogen (secondary N) is 1. The molecule has 3 heterocycles. The third-order valence-electron chi connectivity index (χ3n) is 9.21. The third kappa shape index (κ3) is 3.94. The monoisotopic (exact) mass is 593 g/mol. The van der Waals surface area contributed by atoms with Crippen molar-refractivity contribution in [2.45, 2.75) is 39.4 Å². The lowest BCUT2D eigenvalue weighted by molar-refractivity contribution is -0.121. The molecule has 8 rings (SSSR count). The maximum Gasteiger partial charge on any atom is 0.262 e. The molecule has 0 bridgehead atoms. The lowest BCUT2D eigenvalue weighted by atomic mass is 9.77. The van der Waals surface area contributed by atoms with E-state index in [0.29, 0.717) is 18.1 Å². The zero-order chi connectivity index (χ0) is 30.2. The summed E-state index contributed by atoms with van der Waals surface area (Å²) in [5, 5.41) is 5.50. The van der Waals surface area contributed by atoms with Crippen LogP contribution in [-0.2, 0) is 23.4 Å². The number of fused-ring (bicyclic) bond motifs is 8. The molecule has 0 saturated heterocycles. The second-order valence-corrected chi connectivity index (χ2v) is 12.7. The molecule has 1 N–H and O–H groups in total. The number of aromatic nitrogens is 1. The molecule has 0 aliphatic carbocycles. The Kier molecular flexibility index (Phi) is 6.01. The zero-order valence-electron chi connectivity index (χ0n) is 25.0. The van der Waals surface area contributed by atoms with Gasteiger partial charge < -0.3 is 14.8 Å². The maximum absolute atomic E-state index is 15.3. The molecule has 5 aromatic carbocycles. The molecule has 1 atom stereocenters. The van der Waals surface area contributed by atoms with E-state index < -0.39 is 5.54 Å². The van der Waals surface area contributed by atoms with Crippen LogP contribution in [0.25, 0.3) is 22.2 Å². The highest BCUT2D eigenvalue weighted by Crippen LogP contribution is 2.57. The molecule has 2 aliphatic rings. The molecule has 6 aromatic rings. The molecule has 1 aromatic heterocycles. The molecule has 0 fully saturated rings. The van der Waals surface area contributed by atoms with E-state index in [9.17, 15) is 0 Å². The van der Waals surface area contributed by atoms with Gasteiger partial charge in [0.05, 0.1) is 17.9 Å². The Labute approximate surface area is 262 Å². The third-order valence-corrected chi connectivity index (χ3v) is 9.45. The standard InChI is InChI=1S/C39H32ClN3O/c1-24-9-13-28(14-10-24)23-43-35-17-12-25(2)19-32(35)39(38(43)44)36-31-21-29(40)15-18-34(31)42(22-27-7-5-4-6-8-27)37(36)30-16-11-26(3)20-33(30)41-39/h4-21,41H,22-23H2,1-3H3. The van der Waals surface area contributed by atoms with Crippen molar-refractivity contribution in [3.05, 3.63) is 153 Å². The molecule has 0 radical (unpaired) electrons. The van der Waals surface area contributed by atoms with E-state index in [1.54, 1.807) is 0 Å². The van der Waals surface area contributed by atoms with E-state index in [1.165, 1.54) is 11.1 Å². The number of anilines is 2. The van der Waals surface area contributed by atoms with Gasteiger partial charge in [0, 0.05) is 44.8 Å². The lowest BCUT2D eigenvalue weighted by Crippen LogP contribution is -2.48. The summed E-state index contributed by atoms with van der Waals surface area (Å²) in [6.07, 6.45) is 0. The minimum Gasteiger partial charge on any atom is -0.363 e. The van der Waals surface area contributed by atoms with Crippen LogP contribution in [0.15, 0.2) is 109 Å². The topological polar surface area (TPSA) is 37.3 Å². The quantitative estimate of drug-likeness (QED) is 0.221. The van der Waals surface area contributed by atoms with Gasteiger partial charge in [-0.2, -0.15) is 0 Å². The fourth-order valence-electron chi connectivity index (χ4n) is 7.16. The van der Waals surface area contributed by atoms with Gasteiger partial charge in [0.1, 0.15) is 0 Å².